The molecule has 3 aromatic carbocycles. The lowest BCUT2D eigenvalue weighted by Gasteiger charge is -2.35. The number of benzene rings is 3. The van der Waals surface area contributed by atoms with E-state index in [1.54, 1.807) is 68.4 Å². The lowest BCUT2D eigenvalue weighted by atomic mass is 10.1. The molecule has 0 saturated carbocycles. The highest BCUT2D eigenvalue weighted by atomic mass is 35.5. The van der Waals surface area contributed by atoms with Gasteiger partial charge in [-0.3, -0.25) is 13.9 Å². The van der Waals surface area contributed by atoms with Crippen LogP contribution in [-0.4, -0.2) is 56.1 Å². The van der Waals surface area contributed by atoms with E-state index in [9.17, 15) is 18.0 Å². The Hall–Kier alpha value is -2.92. The zero-order valence-corrected chi connectivity index (χ0v) is 28.9. The first-order valence-corrected chi connectivity index (χ1v) is 17.6. The first-order valence-electron chi connectivity index (χ1n) is 14.2. The molecule has 0 aliphatic rings. The molecule has 1 atom stereocenters. The van der Waals surface area contributed by atoms with Crippen LogP contribution in [-0.2, 0) is 26.2 Å². The van der Waals surface area contributed by atoms with Gasteiger partial charge in [-0.15, -0.1) is 11.8 Å². The summed E-state index contributed by atoms with van der Waals surface area (Å²) in [6.07, 6.45) is 2.17. The van der Waals surface area contributed by atoms with E-state index >= 15 is 0 Å². The maximum Gasteiger partial charge on any atom is 0.264 e. The third-order valence-electron chi connectivity index (χ3n) is 6.60. The second-order valence-electron chi connectivity index (χ2n) is 11.0. The van der Waals surface area contributed by atoms with Crippen molar-refractivity contribution in [1.82, 2.24) is 10.2 Å². The predicted molar refractivity (Wildman–Crippen MR) is 179 cm³/mol. The number of para-hydroxylation sites is 2. The number of rotatable bonds is 13. The standard InChI is InChI=1S/C32H39Cl2N3O5S2/c1-7-27(31(39)35-32(3,4)5)36(20-22-13-14-23(33)19-26(22)34)30(38)21-37(28-11-9-10-12-29(28)42-8-2)44(40,41)25-17-15-24(43-6)16-18-25/h9-19,27H,7-8,20-21H2,1-6H3,(H,35,39)/t27-/m1/s1. The number of carbonyl (C=O) groups excluding carboxylic acids is 2. The third kappa shape index (κ3) is 9.06. The minimum Gasteiger partial charge on any atom is -0.492 e. The fourth-order valence-corrected chi connectivity index (χ4v) is 6.84. The number of halogens is 2. The summed E-state index contributed by atoms with van der Waals surface area (Å²) in [5.74, 6) is -0.658. The largest absolute Gasteiger partial charge is 0.492 e. The Labute approximate surface area is 275 Å². The Bertz CT molecular complexity index is 1560. The third-order valence-corrected chi connectivity index (χ3v) is 9.70. The van der Waals surface area contributed by atoms with Crippen LogP contribution in [0.5, 0.6) is 5.75 Å². The van der Waals surface area contributed by atoms with E-state index in [-0.39, 0.29) is 36.1 Å². The minimum absolute atomic E-state index is 0.0132. The zero-order valence-electron chi connectivity index (χ0n) is 25.8. The van der Waals surface area contributed by atoms with Crippen molar-refractivity contribution in [3.05, 3.63) is 82.3 Å². The molecule has 0 aliphatic carbocycles. The van der Waals surface area contributed by atoms with Gasteiger partial charge in [-0.1, -0.05) is 48.3 Å². The van der Waals surface area contributed by atoms with Gasteiger partial charge in [0.1, 0.15) is 18.3 Å². The molecule has 0 unspecified atom stereocenters. The van der Waals surface area contributed by atoms with Gasteiger partial charge in [0.2, 0.25) is 11.8 Å². The second kappa shape index (κ2) is 15.4. The summed E-state index contributed by atoms with van der Waals surface area (Å²) in [4.78, 5) is 30.2. The van der Waals surface area contributed by atoms with Gasteiger partial charge in [0.25, 0.3) is 10.0 Å². The number of hydrogen-bond acceptors (Lipinski definition) is 6. The Kier molecular flexibility index (Phi) is 12.4. The molecular weight excluding hydrogens is 641 g/mol. The number of hydrogen-bond donors (Lipinski definition) is 1. The maximum atomic E-state index is 14.4. The van der Waals surface area contributed by atoms with Gasteiger partial charge in [0.15, 0.2) is 0 Å². The van der Waals surface area contributed by atoms with E-state index in [0.717, 1.165) is 9.20 Å². The molecule has 0 aromatic heterocycles. The van der Waals surface area contributed by atoms with Crippen molar-refractivity contribution in [3.8, 4) is 5.75 Å². The molecule has 0 heterocycles. The van der Waals surface area contributed by atoms with Crippen LogP contribution >= 0.6 is 35.0 Å². The van der Waals surface area contributed by atoms with Crippen molar-refractivity contribution < 1.29 is 22.7 Å². The molecular formula is C32H39Cl2N3O5S2. The number of amides is 2. The molecule has 0 spiro atoms. The number of nitrogens with zero attached hydrogens (tertiary/aromatic N) is 2. The van der Waals surface area contributed by atoms with Crippen molar-refractivity contribution in [2.24, 2.45) is 0 Å². The topological polar surface area (TPSA) is 96.0 Å². The highest BCUT2D eigenvalue weighted by Gasteiger charge is 2.35. The second-order valence-corrected chi connectivity index (χ2v) is 14.6. The highest BCUT2D eigenvalue weighted by molar-refractivity contribution is 7.98. The molecule has 0 fully saturated rings. The fourth-order valence-electron chi connectivity index (χ4n) is 4.53. The molecule has 12 heteroatoms. The van der Waals surface area contributed by atoms with Crippen molar-refractivity contribution in [2.45, 2.75) is 69.0 Å². The molecule has 0 radical (unpaired) electrons. The molecule has 0 aliphatic heterocycles. The van der Waals surface area contributed by atoms with Crippen LogP contribution in [0.3, 0.4) is 0 Å². The molecule has 44 heavy (non-hydrogen) atoms. The van der Waals surface area contributed by atoms with E-state index in [1.807, 2.05) is 27.0 Å². The number of carbonyl (C=O) groups is 2. The Morgan fingerprint density at radius 2 is 1.66 bits per heavy atom. The molecule has 3 aromatic rings. The number of thioether (sulfide) groups is 1. The molecule has 2 amide bonds. The predicted octanol–water partition coefficient (Wildman–Crippen LogP) is 7.03. The highest BCUT2D eigenvalue weighted by Crippen LogP contribution is 2.34. The van der Waals surface area contributed by atoms with Gasteiger partial charge >= 0.3 is 0 Å². The van der Waals surface area contributed by atoms with Crippen molar-refractivity contribution in [2.75, 3.05) is 23.7 Å². The Morgan fingerprint density at radius 3 is 2.23 bits per heavy atom. The monoisotopic (exact) mass is 679 g/mol. The molecule has 0 saturated heterocycles. The van der Waals surface area contributed by atoms with Crippen LogP contribution < -0.4 is 14.4 Å². The molecule has 0 bridgehead atoms. The van der Waals surface area contributed by atoms with E-state index in [0.29, 0.717) is 21.4 Å². The fraction of sp³-hybridized carbons (Fsp3) is 0.375. The summed E-state index contributed by atoms with van der Waals surface area (Å²) in [5, 5.41) is 3.70. The van der Waals surface area contributed by atoms with Gasteiger partial charge in [-0.25, -0.2) is 8.42 Å². The SMILES string of the molecule is CCOc1ccccc1N(CC(=O)N(Cc1ccc(Cl)cc1Cl)[C@H](CC)C(=O)NC(C)(C)C)S(=O)(=O)c1ccc(SC)cc1. The summed E-state index contributed by atoms with van der Waals surface area (Å²) in [7, 11) is -4.26. The number of ether oxygens (including phenoxy) is 1. The molecule has 238 valence electrons. The Morgan fingerprint density at radius 1 is 1.00 bits per heavy atom. The van der Waals surface area contributed by atoms with Crippen LogP contribution in [0.25, 0.3) is 0 Å². The number of sulfonamides is 1. The lowest BCUT2D eigenvalue weighted by Crippen LogP contribution is -2.55. The zero-order chi connectivity index (χ0) is 32.7. The molecule has 1 N–H and O–H groups in total. The maximum absolute atomic E-state index is 14.4. The van der Waals surface area contributed by atoms with E-state index in [4.69, 9.17) is 27.9 Å². The summed E-state index contributed by atoms with van der Waals surface area (Å²) >= 11 is 14.1. The van der Waals surface area contributed by atoms with Gasteiger partial charge in [0.05, 0.1) is 17.2 Å². The summed E-state index contributed by atoms with van der Waals surface area (Å²) in [6, 6.07) is 17.1. The molecule has 8 nitrogen and oxygen atoms in total. The first-order chi connectivity index (χ1) is 20.7. The van der Waals surface area contributed by atoms with Gasteiger partial charge in [-0.05, 0) is 94.5 Å². The summed E-state index contributed by atoms with van der Waals surface area (Å²) in [6.45, 7) is 8.77. The molecule has 3 rings (SSSR count). The Balaban J connectivity index is 2.15. The average Bonchev–Trinajstić information content (AvgIpc) is 2.96. The first kappa shape index (κ1) is 35.6. The normalized spacial score (nSPS) is 12.4. The summed E-state index contributed by atoms with van der Waals surface area (Å²) < 4.78 is 35.3. The van der Waals surface area contributed by atoms with Crippen LogP contribution in [0.1, 0.15) is 46.6 Å². The number of anilines is 1. The number of nitrogens with one attached hydrogen (secondary N) is 1. The average molecular weight is 681 g/mol. The summed E-state index contributed by atoms with van der Waals surface area (Å²) in [5.41, 5.74) is 0.197. The van der Waals surface area contributed by atoms with Crippen LogP contribution in [0.15, 0.2) is 76.5 Å². The smallest absolute Gasteiger partial charge is 0.264 e. The van der Waals surface area contributed by atoms with Crippen LogP contribution in [0.4, 0.5) is 5.69 Å². The lowest BCUT2D eigenvalue weighted by molar-refractivity contribution is -0.141. The van der Waals surface area contributed by atoms with Gasteiger partial charge in [0, 0.05) is 27.0 Å². The van der Waals surface area contributed by atoms with E-state index in [1.165, 1.54) is 28.8 Å². The van der Waals surface area contributed by atoms with Gasteiger partial charge < -0.3 is 15.0 Å². The van der Waals surface area contributed by atoms with Crippen molar-refractivity contribution in [3.63, 3.8) is 0 Å². The van der Waals surface area contributed by atoms with Crippen LogP contribution in [0, 0.1) is 0 Å². The van der Waals surface area contributed by atoms with Gasteiger partial charge in [-0.2, -0.15) is 0 Å². The minimum atomic E-state index is -4.26. The van der Waals surface area contributed by atoms with Crippen molar-refractivity contribution in [1.29, 1.82) is 0 Å². The van der Waals surface area contributed by atoms with Crippen LogP contribution in [0.2, 0.25) is 10.0 Å². The van der Waals surface area contributed by atoms with E-state index < -0.39 is 34.1 Å². The quantitative estimate of drug-likeness (QED) is 0.195. The van der Waals surface area contributed by atoms with Crippen molar-refractivity contribution >= 4 is 62.5 Å². The van der Waals surface area contributed by atoms with E-state index in [2.05, 4.69) is 5.32 Å².